The van der Waals surface area contributed by atoms with Gasteiger partial charge in [0.1, 0.15) is 7.28 Å². The lowest BCUT2D eigenvalue weighted by Crippen LogP contribution is -2.25. The lowest BCUT2D eigenvalue weighted by molar-refractivity contribution is 0.748. The molecule has 0 aliphatic rings. The van der Waals surface area contributed by atoms with Crippen molar-refractivity contribution in [3.8, 4) is 0 Å². The second-order valence-corrected chi connectivity index (χ2v) is 5.35. The van der Waals surface area contributed by atoms with Crippen molar-refractivity contribution in [3.63, 3.8) is 0 Å². The molecule has 0 N–H and O–H groups in total. The van der Waals surface area contributed by atoms with Crippen LogP contribution in [0.5, 0.6) is 0 Å². The minimum absolute atomic E-state index is 0.130. The Balaban J connectivity index is 2.57. The topological polar surface area (TPSA) is 0 Å². The van der Waals surface area contributed by atoms with Gasteiger partial charge >= 0.3 is 0 Å². The van der Waals surface area contributed by atoms with Crippen molar-refractivity contribution < 1.29 is 0 Å². The monoisotopic (exact) mass is 239 g/mol. The van der Waals surface area contributed by atoms with Crippen LogP contribution in [-0.2, 0) is 5.31 Å². The smallest absolute Gasteiger partial charge is 0.0848 e. The Labute approximate surface area is 113 Å². The van der Waals surface area contributed by atoms with E-state index in [1.165, 1.54) is 11.1 Å². The highest BCUT2D eigenvalue weighted by molar-refractivity contribution is 6.40. The summed E-state index contributed by atoms with van der Waals surface area (Å²) >= 11 is 0. The van der Waals surface area contributed by atoms with E-state index in [-0.39, 0.29) is 5.31 Å². The Hall–Kier alpha value is -1.24. The van der Waals surface area contributed by atoms with Crippen LogP contribution in [-0.4, -0.2) is 7.28 Å². The van der Waals surface area contributed by atoms with Gasteiger partial charge in [0, 0.05) is 0 Å². The molecule has 0 spiro atoms. The quantitative estimate of drug-likeness (QED) is 0.486. The van der Waals surface area contributed by atoms with Crippen LogP contribution in [0.15, 0.2) is 54.1 Å². The second kappa shape index (κ2) is 7.26. The Kier molecular flexibility index (Phi) is 5.98. The summed E-state index contributed by atoms with van der Waals surface area (Å²) in [5.41, 5.74) is 2.78. The number of hydrogen-bond donors (Lipinski definition) is 0. The molecule has 0 unspecified atom stereocenters. The first-order valence-corrected chi connectivity index (χ1v) is 6.78. The summed E-state index contributed by atoms with van der Waals surface area (Å²) in [4.78, 5) is 0. The molecule has 0 saturated carbocycles. The number of hydrogen-bond acceptors (Lipinski definition) is 0. The van der Waals surface area contributed by atoms with Gasteiger partial charge in [-0.05, 0) is 18.7 Å². The molecule has 1 aromatic rings. The molecule has 0 fully saturated rings. The van der Waals surface area contributed by atoms with Crippen LogP contribution in [0.1, 0.15) is 39.7 Å². The number of benzene rings is 1. The lowest BCUT2D eigenvalue weighted by atomic mass is 9.49. The molecule has 0 atom stereocenters. The maximum Gasteiger partial charge on any atom is 0.128 e. The van der Waals surface area contributed by atoms with Gasteiger partial charge in [-0.15, -0.1) is 0 Å². The van der Waals surface area contributed by atoms with Crippen LogP contribution in [0.25, 0.3) is 0 Å². The van der Waals surface area contributed by atoms with Crippen LogP contribution in [0, 0.1) is 0 Å². The molecule has 0 bridgehead atoms. The van der Waals surface area contributed by atoms with E-state index in [1.54, 1.807) is 0 Å². The molecular formula is C17H24B. The van der Waals surface area contributed by atoms with Crippen LogP contribution in [0.2, 0.25) is 6.32 Å². The maximum atomic E-state index is 2.40. The van der Waals surface area contributed by atoms with Gasteiger partial charge in [0.2, 0.25) is 0 Å². The van der Waals surface area contributed by atoms with Gasteiger partial charge in [0.25, 0.3) is 0 Å². The molecule has 0 saturated heterocycles. The van der Waals surface area contributed by atoms with Crippen molar-refractivity contribution in [3.05, 3.63) is 59.7 Å². The molecule has 1 rings (SSSR count). The van der Waals surface area contributed by atoms with Gasteiger partial charge in [-0.25, -0.2) is 0 Å². The third-order valence-corrected chi connectivity index (χ3v) is 3.20. The van der Waals surface area contributed by atoms with E-state index in [0.717, 1.165) is 12.7 Å². The van der Waals surface area contributed by atoms with Crippen molar-refractivity contribution in [1.29, 1.82) is 0 Å². The molecule has 0 nitrogen and oxygen atoms in total. The van der Waals surface area contributed by atoms with E-state index in [2.05, 4.69) is 83.5 Å². The van der Waals surface area contributed by atoms with Gasteiger partial charge in [-0.3, -0.25) is 0 Å². The van der Waals surface area contributed by atoms with E-state index in [0.29, 0.717) is 0 Å². The first-order valence-electron chi connectivity index (χ1n) is 6.78. The van der Waals surface area contributed by atoms with Gasteiger partial charge < -0.3 is 0 Å². The zero-order valence-corrected chi connectivity index (χ0v) is 12.1. The summed E-state index contributed by atoms with van der Waals surface area (Å²) in [5.74, 6) is 0. The molecule has 95 valence electrons. The van der Waals surface area contributed by atoms with Crippen molar-refractivity contribution >= 4 is 7.28 Å². The SMILES string of the molecule is CC/C=C\C=C(/C)C[B]C(C)(C)c1ccccc1. The third kappa shape index (κ3) is 4.95. The third-order valence-electron chi connectivity index (χ3n) is 3.20. The van der Waals surface area contributed by atoms with Crippen LogP contribution < -0.4 is 0 Å². The first kappa shape index (κ1) is 14.8. The maximum absolute atomic E-state index is 2.40. The Morgan fingerprint density at radius 1 is 1.22 bits per heavy atom. The van der Waals surface area contributed by atoms with E-state index in [1.807, 2.05) is 0 Å². The summed E-state index contributed by atoms with van der Waals surface area (Å²) in [6.07, 6.45) is 8.69. The normalized spacial score (nSPS) is 13.0. The molecule has 1 aromatic carbocycles. The van der Waals surface area contributed by atoms with E-state index in [9.17, 15) is 0 Å². The summed E-state index contributed by atoms with van der Waals surface area (Å²) in [6.45, 7) is 8.90. The fraction of sp³-hybridized carbons (Fsp3) is 0.412. The molecule has 0 heterocycles. The van der Waals surface area contributed by atoms with E-state index in [4.69, 9.17) is 0 Å². The van der Waals surface area contributed by atoms with Crippen molar-refractivity contribution in [2.24, 2.45) is 0 Å². The average Bonchev–Trinajstić information content (AvgIpc) is 2.38. The Morgan fingerprint density at radius 2 is 1.89 bits per heavy atom. The van der Waals surface area contributed by atoms with E-state index < -0.39 is 0 Å². The predicted molar refractivity (Wildman–Crippen MR) is 83.2 cm³/mol. The van der Waals surface area contributed by atoms with Crippen molar-refractivity contribution in [2.75, 3.05) is 0 Å². The summed E-state index contributed by atoms with van der Waals surface area (Å²) in [5, 5.41) is 0.130. The highest BCUT2D eigenvalue weighted by Crippen LogP contribution is 2.23. The molecular weight excluding hydrogens is 215 g/mol. The van der Waals surface area contributed by atoms with Crippen LogP contribution >= 0.6 is 0 Å². The first-order chi connectivity index (χ1) is 8.56. The molecule has 0 amide bonds. The standard InChI is InChI=1S/C17H24B/c1-5-6-8-11-15(2)14-18-17(3,4)16-12-9-7-10-13-16/h6-13H,5,14H2,1-4H3/b8-6-,15-11+. The minimum Gasteiger partial charge on any atom is -0.0848 e. The fourth-order valence-corrected chi connectivity index (χ4v) is 1.84. The van der Waals surface area contributed by atoms with E-state index >= 15 is 0 Å². The zero-order valence-electron chi connectivity index (χ0n) is 12.1. The highest BCUT2D eigenvalue weighted by Gasteiger charge is 2.20. The van der Waals surface area contributed by atoms with Crippen molar-refractivity contribution in [1.82, 2.24) is 0 Å². The largest absolute Gasteiger partial charge is 0.128 e. The predicted octanol–water partition coefficient (Wildman–Crippen LogP) is 4.96. The van der Waals surface area contributed by atoms with Gasteiger partial charge in [-0.2, -0.15) is 0 Å². The second-order valence-electron chi connectivity index (χ2n) is 5.35. The number of rotatable bonds is 6. The van der Waals surface area contributed by atoms with Crippen molar-refractivity contribution in [2.45, 2.75) is 45.8 Å². The summed E-state index contributed by atoms with van der Waals surface area (Å²) in [7, 11) is 2.40. The molecule has 0 aromatic heterocycles. The summed E-state index contributed by atoms with van der Waals surface area (Å²) in [6, 6.07) is 10.7. The highest BCUT2D eigenvalue weighted by atomic mass is 14.1. The Bertz CT molecular complexity index is 399. The zero-order chi connectivity index (χ0) is 13.4. The summed E-state index contributed by atoms with van der Waals surface area (Å²) < 4.78 is 0. The molecule has 0 aliphatic heterocycles. The fourth-order valence-electron chi connectivity index (χ4n) is 1.84. The van der Waals surface area contributed by atoms with Gasteiger partial charge in [0.05, 0.1) is 0 Å². The van der Waals surface area contributed by atoms with Gasteiger partial charge in [0.15, 0.2) is 0 Å². The molecule has 1 heteroatoms. The van der Waals surface area contributed by atoms with Gasteiger partial charge in [-0.1, -0.05) is 86.8 Å². The number of allylic oxidation sites excluding steroid dienone is 4. The Morgan fingerprint density at radius 3 is 2.50 bits per heavy atom. The van der Waals surface area contributed by atoms with Crippen LogP contribution in [0.4, 0.5) is 0 Å². The molecule has 18 heavy (non-hydrogen) atoms. The molecule has 1 radical (unpaired) electrons. The molecule has 0 aliphatic carbocycles. The average molecular weight is 239 g/mol. The minimum atomic E-state index is 0.130. The van der Waals surface area contributed by atoms with Crippen LogP contribution in [0.3, 0.4) is 0 Å². The lowest BCUT2D eigenvalue weighted by Gasteiger charge is -2.24.